The van der Waals surface area contributed by atoms with Crippen LogP contribution in [0.3, 0.4) is 0 Å². The number of hydrogen-bond donors (Lipinski definition) is 0. The monoisotopic (exact) mass is 750 g/mol. The average molecular weight is 751 g/mol. The summed E-state index contributed by atoms with van der Waals surface area (Å²) in [7, 11) is 0. The Morgan fingerprint density at radius 3 is 1.34 bits per heavy atom. The highest BCUT2D eigenvalue weighted by Crippen LogP contribution is 2.45. The zero-order valence-corrected chi connectivity index (χ0v) is 31.9. The maximum Gasteiger partial charge on any atom is 0.188 e. The third-order valence-corrected chi connectivity index (χ3v) is 11.4. The fourth-order valence-electron chi connectivity index (χ4n) is 8.70. The highest BCUT2D eigenvalue weighted by atomic mass is 15.0. The van der Waals surface area contributed by atoms with Gasteiger partial charge >= 0.3 is 0 Å². The molecular weight excluding hydrogens is 717 g/mol. The maximum absolute atomic E-state index is 7.88. The number of aromatic nitrogens is 3. The highest BCUT2D eigenvalue weighted by Gasteiger charge is 2.21. The summed E-state index contributed by atoms with van der Waals surface area (Å²) in [6.07, 6.45) is 0. The summed E-state index contributed by atoms with van der Waals surface area (Å²) in [4.78, 5) is 14.5. The van der Waals surface area contributed by atoms with Crippen molar-refractivity contribution in [1.82, 2.24) is 14.5 Å². The van der Waals surface area contributed by atoms with E-state index in [0.717, 1.165) is 88.2 Å². The molecule has 274 valence electrons. The quantitative estimate of drug-likeness (QED) is 0.125. The van der Waals surface area contributed by atoms with E-state index in [0.29, 0.717) is 11.5 Å². The minimum Gasteiger partial charge on any atom is -0.309 e. The molecule has 0 radical (unpaired) electrons. The van der Waals surface area contributed by atoms with Crippen LogP contribution in [-0.4, -0.2) is 14.5 Å². The van der Waals surface area contributed by atoms with Crippen LogP contribution in [0.2, 0.25) is 0 Å². The lowest BCUT2D eigenvalue weighted by Crippen LogP contribution is -1.98. The molecule has 2 aromatic heterocycles. The number of fused-ring (bicyclic) bond motifs is 5. The third kappa shape index (κ3) is 5.84. The summed E-state index contributed by atoms with van der Waals surface area (Å²) in [6, 6.07) is 72.1. The molecule has 0 unspecified atom stereocenters. The molecule has 0 aliphatic rings. The first-order chi connectivity index (χ1) is 29.2. The van der Waals surface area contributed by atoms with Crippen molar-refractivity contribution < 1.29 is 0 Å². The van der Waals surface area contributed by atoms with E-state index >= 15 is 0 Å². The summed E-state index contributed by atoms with van der Waals surface area (Å²) in [5, 5.41) is 6.56. The topological polar surface area (TPSA) is 35.1 Å². The average Bonchev–Trinajstić information content (AvgIpc) is 3.64. The van der Waals surface area contributed by atoms with E-state index in [9.17, 15) is 0 Å². The normalized spacial score (nSPS) is 11.4. The Morgan fingerprint density at radius 1 is 0.356 bits per heavy atom. The molecule has 4 heteroatoms. The molecule has 0 aliphatic carbocycles. The van der Waals surface area contributed by atoms with E-state index in [-0.39, 0.29) is 0 Å². The molecule has 59 heavy (non-hydrogen) atoms. The van der Waals surface area contributed by atoms with Gasteiger partial charge in [-0.1, -0.05) is 164 Å². The maximum atomic E-state index is 7.88. The van der Waals surface area contributed by atoms with E-state index < -0.39 is 0 Å². The Morgan fingerprint density at radius 2 is 0.797 bits per heavy atom. The predicted octanol–water partition coefficient (Wildman–Crippen LogP) is 14.8. The van der Waals surface area contributed by atoms with Crippen molar-refractivity contribution in [3.05, 3.63) is 218 Å². The molecule has 0 amide bonds. The second-order valence-corrected chi connectivity index (χ2v) is 14.8. The van der Waals surface area contributed by atoms with Gasteiger partial charge in [-0.3, -0.25) is 0 Å². The van der Waals surface area contributed by atoms with Crippen molar-refractivity contribution in [3.63, 3.8) is 0 Å². The second kappa shape index (κ2) is 14.1. The zero-order valence-electron chi connectivity index (χ0n) is 31.9. The lowest BCUT2D eigenvalue weighted by Gasteiger charge is -2.18. The lowest BCUT2D eigenvalue weighted by molar-refractivity contribution is 1.18. The van der Waals surface area contributed by atoms with Crippen molar-refractivity contribution in [2.24, 2.45) is 0 Å². The van der Waals surface area contributed by atoms with Crippen LogP contribution < -0.4 is 0 Å². The van der Waals surface area contributed by atoms with E-state index in [2.05, 4.69) is 185 Å². The van der Waals surface area contributed by atoms with Crippen LogP contribution in [0.15, 0.2) is 206 Å². The number of benzene rings is 9. The Kier molecular flexibility index (Phi) is 8.17. The first-order valence-corrected chi connectivity index (χ1v) is 19.8. The Labute approximate surface area is 341 Å². The van der Waals surface area contributed by atoms with Gasteiger partial charge in [0.1, 0.15) is 0 Å². The van der Waals surface area contributed by atoms with Gasteiger partial charge in [0.05, 0.1) is 29.0 Å². The van der Waals surface area contributed by atoms with Gasteiger partial charge in [0.2, 0.25) is 0 Å². The van der Waals surface area contributed by atoms with Gasteiger partial charge in [-0.2, -0.15) is 0 Å². The van der Waals surface area contributed by atoms with E-state index in [1.54, 1.807) is 0 Å². The van der Waals surface area contributed by atoms with Crippen LogP contribution in [0.4, 0.5) is 5.69 Å². The Hall–Kier alpha value is -8.13. The van der Waals surface area contributed by atoms with Gasteiger partial charge in [-0.25, -0.2) is 14.8 Å². The van der Waals surface area contributed by atoms with E-state index in [1.807, 2.05) is 30.3 Å². The van der Waals surface area contributed by atoms with E-state index in [4.69, 9.17) is 16.5 Å². The molecule has 0 aliphatic heterocycles. The summed E-state index contributed by atoms with van der Waals surface area (Å²) < 4.78 is 2.32. The molecule has 11 rings (SSSR count). The largest absolute Gasteiger partial charge is 0.309 e. The molecule has 11 aromatic rings. The molecule has 0 saturated carbocycles. The van der Waals surface area contributed by atoms with Crippen LogP contribution in [0.25, 0.3) is 110 Å². The van der Waals surface area contributed by atoms with Crippen LogP contribution in [0.1, 0.15) is 0 Å². The zero-order chi connectivity index (χ0) is 39.3. The molecule has 0 spiro atoms. The smallest absolute Gasteiger partial charge is 0.188 e. The molecule has 9 aromatic carbocycles. The van der Waals surface area contributed by atoms with Crippen molar-refractivity contribution in [3.8, 4) is 61.8 Å². The van der Waals surface area contributed by atoms with Crippen LogP contribution in [0, 0.1) is 6.57 Å². The summed E-state index contributed by atoms with van der Waals surface area (Å²) in [5.74, 6) is 0.688. The highest BCUT2D eigenvalue weighted by molar-refractivity contribution is 6.22. The van der Waals surface area contributed by atoms with E-state index in [1.165, 1.54) is 11.1 Å². The Balaban J connectivity index is 1.14. The van der Waals surface area contributed by atoms with Crippen molar-refractivity contribution >= 4 is 49.0 Å². The number of hydrogen-bond acceptors (Lipinski definition) is 2. The standard InChI is InChI=1S/C55H34N4/c1-56-41-28-32-52-48(34-41)47-33-40(27-31-51(47)59(52)42-29-25-37(26-30-42)36-15-5-2-6-16-36)53-43-21-11-13-23-45(43)54(46-24-14-12-22-44(46)53)55-57-49(38-17-7-3-8-18-38)35-50(58-55)39-19-9-4-10-20-39/h2-35H. The second-order valence-electron chi connectivity index (χ2n) is 14.8. The molecule has 4 nitrogen and oxygen atoms in total. The van der Waals surface area contributed by atoms with Crippen LogP contribution in [-0.2, 0) is 0 Å². The first kappa shape index (κ1) is 34.1. The minimum absolute atomic E-state index is 0.620. The third-order valence-electron chi connectivity index (χ3n) is 11.4. The predicted molar refractivity (Wildman–Crippen MR) is 245 cm³/mol. The molecule has 0 N–H and O–H groups in total. The summed E-state index contributed by atoms with van der Waals surface area (Å²) in [5.41, 5.74) is 13.3. The molecule has 0 fully saturated rings. The van der Waals surface area contributed by atoms with Gasteiger partial charge in [0.15, 0.2) is 11.5 Å². The fraction of sp³-hybridized carbons (Fsp3) is 0. The number of nitrogens with zero attached hydrogens (tertiary/aromatic N) is 4. The van der Waals surface area contributed by atoms with Gasteiger partial charge in [-0.05, 0) is 91.6 Å². The lowest BCUT2D eigenvalue weighted by atomic mass is 9.87. The van der Waals surface area contributed by atoms with Crippen LogP contribution >= 0.6 is 0 Å². The molecule has 2 heterocycles. The van der Waals surface area contributed by atoms with Gasteiger partial charge < -0.3 is 4.57 Å². The molecule has 0 saturated heterocycles. The van der Waals surface area contributed by atoms with Gasteiger partial charge in [0.25, 0.3) is 0 Å². The van der Waals surface area contributed by atoms with Crippen molar-refractivity contribution in [2.75, 3.05) is 0 Å². The molecule has 0 atom stereocenters. The minimum atomic E-state index is 0.620. The fourth-order valence-corrected chi connectivity index (χ4v) is 8.70. The summed E-state index contributed by atoms with van der Waals surface area (Å²) in [6.45, 7) is 7.88. The van der Waals surface area contributed by atoms with Gasteiger partial charge in [-0.15, -0.1) is 0 Å². The summed E-state index contributed by atoms with van der Waals surface area (Å²) >= 11 is 0. The number of rotatable bonds is 6. The SMILES string of the molecule is [C-]#[N+]c1ccc2c(c1)c1cc(-c3c4ccccc4c(-c4nc(-c5ccccc5)cc(-c5ccccc5)n4)c4ccccc34)ccc1n2-c1ccc(-c2ccccc2)cc1. The Bertz CT molecular complexity index is 3300. The first-order valence-electron chi connectivity index (χ1n) is 19.8. The molecular formula is C55H34N4. The van der Waals surface area contributed by atoms with Crippen LogP contribution in [0.5, 0.6) is 0 Å². The van der Waals surface area contributed by atoms with Gasteiger partial charge in [0, 0.05) is 27.8 Å². The van der Waals surface area contributed by atoms with Crippen molar-refractivity contribution in [1.29, 1.82) is 0 Å². The van der Waals surface area contributed by atoms with Crippen molar-refractivity contribution in [2.45, 2.75) is 0 Å². The molecule has 0 bridgehead atoms.